The first-order valence-electron chi connectivity index (χ1n) is 12.4. The van der Waals surface area contributed by atoms with Gasteiger partial charge in [0.25, 0.3) is 0 Å². The van der Waals surface area contributed by atoms with Crippen LogP contribution in [0.15, 0.2) is 77.7 Å². The molecule has 0 heterocycles. The smallest absolute Gasteiger partial charge is 0.341 e. The Balaban J connectivity index is 1.71. The summed E-state index contributed by atoms with van der Waals surface area (Å²) in [5.74, 6) is -2.16. The van der Waals surface area contributed by atoms with Gasteiger partial charge in [0, 0.05) is 6.54 Å². The van der Waals surface area contributed by atoms with E-state index < -0.39 is 40.5 Å². The molecule has 0 radical (unpaired) electrons. The monoisotopic (exact) mass is 586 g/mol. The lowest BCUT2D eigenvalue weighted by molar-refractivity contribution is -0.139. The van der Waals surface area contributed by atoms with Gasteiger partial charge < -0.3 is 29.7 Å². The Morgan fingerprint density at radius 1 is 0.902 bits per heavy atom. The summed E-state index contributed by atoms with van der Waals surface area (Å²) >= 11 is 0. The molecular weight excluding hydrogens is 556 g/mol. The molecule has 0 fully saturated rings. The quantitative estimate of drug-likeness (QED) is 0.182. The maximum Gasteiger partial charge on any atom is 0.341 e. The van der Waals surface area contributed by atoms with Gasteiger partial charge in [-0.05, 0) is 66.9 Å². The van der Waals surface area contributed by atoms with Crippen molar-refractivity contribution in [3.8, 4) is 17.2 Å². The lowest BCUT2D eigenvalue weighted by Crippen LogP contribution is -2.48. The number of carboxylic acids is 2. The zero-order valence-corrected chi connectivity index (χ0v) is 22.9. The van der Waals surface area contributed by atoms with E-state index in [2.05, 4.69) is 10.0 Å². The van der Waals surface area contributed by atoms with Crippen LogP contribution >= 0.6 is 0 Å². The number of hydrogen-bond acceptors (Lipinski definition) is 8. The Hall–Kier alpha value is -4.62. The van der Waals surface area contributed by atoms with E-state index in [1.54, 1.807) is 49.6 Å². The first kappa shape index (κ1) is 30.9. The van der Waals surface area contributed by atoms with Gasteiger partial charge in [0.15, 0.2) is 6.61 Å². The van der Waals surface area contributed by atoms with Crippen LogP contribution in [-0.2, 0) is 26.0 Å². The molecule has 0 aliphatic carbocycles. The second-order valence-electron chi connectivity index (χ2n) is 8.68. The van der Waals surface area contributed by atoms with Crippen molar-refractivity contribution < 1.29 is 47.2 Å². The number of benzene rings is 3. The topological polar surface area (TPSA) is 178 Å². The zero-order valence-electron chi connectivity index (χ0n) is 22.1. The highest BCUT2D eigenvalue weighted by atomic mass is 32.2. The summed E-state index contributed by atoms with van der Waals surface area (Å²) in [7, 11) is -2.55. The predicted octanol–water partition coefficient (Wildman–Crippen LogP) is 2.33. The van der Waals surface area contributed by atoms with Gasteiger partial charge in [-0.25, -0.2) is 18.0 Å². The van der Waals surface area contributed by atoms with Gasteiger partial charge in [0.05, 0.1) is 18.6 Å². The van der Waals surface area contributed by atoms with Crippen LogP contribution in [0.3, 0.4) is 0 Å². The normalized spacial score (nSPS) is 11.7. The van der Waals surface area contributed by atoms with Gasteiger partial charge in [0.2, 0.25) is 15.9 Å². The lowest BCUT2D eigenvalue weighted by Gasteiger charge is -2.19. The number of aromatic carboxylic acids is 1. The molecule has 0 spiro atoms. The Morgan fingerprint density at radius 3 is 2.22 bits per heavy atom. The number of sulfonamides is 1. The molecule has 0 aliphatic rings. The van der Waals surface area contributed by atoms with Crippen molar-refractivity contribution >= 4 is 27.9 Å². The number of carbonyl (C=O) groups excluding carboxylic acids is 1. The first-order valence-corrected chi connectivity index (χ1v) is 13.9. The van der Waals surface area contributed by atoms with Crippen molar-refractivity contribution in [2.45, 2.75) is 23.8 Å². The molecule has 0 saturated carbocycles. The Morgan fingerprint density at radius 2 is 1.59 bits per heavy atom. The van der Waals surface area contributed by atoms with E-state index in [-0.39, 0.29) is 35.8 Å². The zero-order chi connectivity index (χ0) is 29.8. The molecule has 13 heteroatoms. The third-order valence-electron chi connectivity index (χ3n) is 5.68. The standard InChI is InChI=1S/C28H30N2O10S/c1-38-20-9-11-21(12-10-20)39-15-5-14-29-27(33)24(30-41(36,37)22-6-3-2-4-7-22)17-19-8-13-25(40-18-26(31)32)23(16-19)28(34)35/h2-4,6-13,16,24,30H,5,14-15,17-18H2,1H3,(H,29,33)(H,31,32)(H,34,35)/t24-/m0/s1. The van der Waals surface area contributed by atoms with Crippen molar-refractivity contribution in [1.82, 2.24) is 10.0 Å². The summed E-state index contributed by atoms with van der Waals surface area (Å²) in [5, 5.41) is 21.1. The number of carbonyl (C=O) groups is 3. The molecule has 1 atom stereocenters. The van der Waals surface area contributed by atoms with Crippen LogP contribution in [0.1, 0.15) is 22.3 Å². The van der Waals surface area contributed by atoms with E-state index in [9.17, 15) is 27.9 Å². The molecule has 1 amide bonds. The minimum atomic E-state index is -4.11. The van der Waals surface area contributed by atoms with E-state index in [4.69, 9.17) is 19.3 Å². The summed E-state index contributed by atoms with van der Waals surface area (Å²) < 4.78 is 44.2. The predicted molar refractivity (Wildman–Crippen MR) is 147 cm³/mol. The lowest BCUT2D eigenvalue weighted by atomic mass is 10.0. The largest absolute Gasteiger partial charge is 0.497 e. The minimum absolute atomic E-state index is 0.0469. The number of rotatable bonds is 16. The van der Waals surface area contributed by atoms with Crippen LogP contribution in [-0.4, -0.2) is 69.4 Å². The molecule has 3 aromatic rings. The number of ether oxygens (including phenoxy) is 3. The Kier molecular flexibility index (Phi) is 11.1. The van der Waals surface area contributed by atoms with Gasteiger partial charge in [0.1, 0.15) is 28.9 Å². The van der Waals surface area contributed by atoms with Crippen molar-refractivity contribution in [1.29, 1.82) is 0 Å². The summed E-state index contributed by atoms with van der Waals surface area (Å²) in [5.41, 5.74) is -0.0201. The number of methoxy groups -OCH3 is 1. The van der Waals surface area contributed by atoms with Crippen molar-refractivity contribution in [2.24, 2.45) is 0 Å². The molecule has 12 nitrogen and oxygen atoms in total. The highest BCUT2D eigenvalue weighted by molar-refractivity contribution is 7.89. The number of nitrogens with one attached hydrogen (secondary N) is 2. The van der Waals surface area contributed by atoms with Crippen LogP contribution in [0.2, 0.25) is 0 Å². The summed E-state index contributed by atoms with van der Waals surface area (Å²) in [4.78, 5) is 35.7. The van der Waals surface area contributed by atoms with E-state index in [1.165, 1.54) is 30.3 Å². The van der Waals surface area contributed by atoms with Crippen molar-refractivity contribution in [3.05, 3.63) is 83.9 Å². The Labute approximate surface area is 236 Å². The third-order valence-corrected chi connectivity index (χ3v) is 7.17. The van der Waals surface area contributed by atoms with E-state index >= 15 is 0 Å². The number of aliphatic carboxylic acids is 1. The SMILES string of the molecule is COc1ccc(OCCCNC(=O)[C@H](Cc2ccc(OCC(=O)O)c(C(=O)O)c2)NS(=O)(=O)c2ccccc2)cc1. The van der Waals surface area contributed by atoms with Gasteiger partial charge in [-0.2, -0.15) is 4.72 Å². The number of hydrogen-bond donors (Lipinski definition) is 4. The molecule has 0 bridgehead atoms. The van der Waals surface area contributed by atoms with Crippen LogP contribution in [0, 0.1) is 0 Å². The molecule has 0 unspecified atom stereocenters. The average Bonchev–Trinajstić information content (AvgIpc) is 2.96. The van der Waals surface area contributed by atoms with Gasteiger partial charge in [-0.1, -0.05) is 24.3 Å². The first-order chi connectivity index (χ1) is 19.6. The fraction of sp³-hybridized carbons (Fsp3) is 0.250. The molecule has 3 aromatic carbocycles. The molecular formula is C28H30N2O10S. The van der Waals surface area contributed by atoms with Crippen molar-refractivity contribution in [3.63, 3.8) is 0 Å². The van der Waals surface area contributed by atoms with Crippen LogP contribution in [0.5, 0.6) is 17.2 Å². The number of carboxylic acid groups (broad SMARTS) is 2. The highest BCUT2D eigenvalue weighted by Gasteiger charge is 2.27. The molecule has 0 aromatic heterocycles. The van der Waals surface area contributed by atoms with Gasteiger partial charge in [-0.3, -0.25) is 4.79 Å². The van der Waals surface area contributed by atoms with E-state index in [1.807, 2.05) is 0 Å². The second kappa shape index (κ2) is 14.7. The summed E-state index contributed by atoms with van der Waals surface area (Å²) in [6.07, 6.45) is 0.231. The minimum Gasteiger partial charge on any atom is -0.497 e. The fourth-order valence-electron chi connectivity index (χ4n) is 3.68. The highest BCUT2D eigenvalue weighted by Crippen LogP contribution is 2.22. The van der Waals surface area contributed by atoms with E-state index in [0.29, 0.717) is 23.5 Å². The van der Waals surface area contributed by atoms with Gasteiger partial charge in [-0.15, -0.1) is 0 Å². The maximum atomic E-state index is 13.1. The van der Waals surface area contributed by atoms with Crippen LogP contribution < -0.4 is 24.2 Å². The summed E-state index contributed by atoms with van der Waals surface area (Å²) in [6.45, 7) is -0.280. The molecule has 4 N–H and O–H groups in total. The maximum absolute atomic E-state index is 13.1. The third kappa shape index (κ3) is 9.51. The van der Waals surface area contributed by atoms with Gasteiger partial charge >= 0.3 is 11.9 Å². The average molecular weight is 587 g/mol. The molecule has 0 aliphatic heterocycles. The molecule has 218 valence electrons. The second-order valence-corrected chi connectivity index (χ2v) is 10.4. The molecule has 41 heavy (non-hydrogen) atoms. The Bertz CT molecular complexity index is 1440. The fourth-order valence-corrected chi connectivity index (χ4v) is 4.90. The molecule has 3 rings (SSSR count). The number of amides is 1. The van der Waals surface area contributed by atoms with E-state index in [0.717, 1.165) is 0 Å². The van der Waals surface area contributed by atoms with Crippen molar-refractivity contribution in [2.75, 3.05) is 26.9 Å². The van der Waals surface area contributed by atoms with Crippen LogP contribution in [0.25, 0.3) is 0 Å². The molecule has 0 saturated heterocycles. The summed E-state index contributed by atoms with van der Waals surface area (Å²) in [6, 6.07) is 17.1. The van der Waals surface area contributed by atoms with Crippen LogP contribution in [0.4, 0.5) is 0 Å².